The van der Waals surface area contributed by atoms with Gasteiger partial charge < -0.3 is 5.11 Å². The average molecular weight is 339 g/mol. The van der Waals surface area contributed by atoms with E-state index in [-0.39, 0.29) is 0 Å². The Kier molecular flexibility index (Phi) is 3.78. The van der Waals surface area contributed by atoms with Crippen molar-refractivity contribution < 1.29 is 31.1 Å². The molecule has 2 nitrogen and oxygen atoms in total. The first-order valence-corrected chi connectivity index (χ1v) is 7.37. The van der Waals surface area contributed by atoms with Gasteiger partial charge in [-0.3, -0.25) is 0 Å². The third kappa shape index (κ3) is 2.85. The highest BCUT2D eigenvalue weighted by molar-refractivity contribution is 5.88. The van der Waals surface area contributed by atoms with Crippen LogP contribution in [0.1, 0.15) is 15.9 Å². The molecular weight excluding hydrogens is 327 g/mol. The van der Waals surface area contributed by atoms with Crippen LogP contribution in [0.4, 0.5) is 0 Å². The van der Waals surface area contributed by atoms with Crippen LogP contribution in [0.3, 0.4) is 0 Å². The molecule has 0 fully saturated rings. The molecule has 0 radical (unpaired) electrons. The largest absolute Gasteiger partial charge is 0.478 e. The summed E-state index contributed by atoms with van der Waals surface area (Å²) in [5.74, 6) is -0.825. The maximum atomic E-state index is 11.3. The van der Waals surface area contributed by atoms with Crippen LogP contribution in [0.25, 0.3) is 0 Å². The van der Waals surface area contributed by atoms with Gasteiger partial charge in [-0.25, -0.2) is 4.79 Å². The minimum atomic E-state index is -0.825. The minimum absolute atomic E-state index is 0.424. The Bertz CT molecular complexity index is 535. The van der Waals surface area contributed by atoms with Gasteiger partial charge >= 0.3 is 27.2 Å². The van der Waals surface area contributed by atoms with Crippen molar-refractivity contribution in [2.24, 2.45) is 0 Å². The van der Waals surface area contributed by atoms with Crippen molar-refractivity contribution in [3.8, 4) is 0 Å². The van der Waals surface area contributed by atoms with Crippen molar-refractivity contribution in [1.82, 2.24) is 0 Å². The summed E-state index contributed by atoms with van der Waals surface area (Å²) in [4.78, 5) is 11.3. The molecule has 0 aliphatic heterocycles. The number of hydrogen-bond acceptors (Lipinski definition) is 1. The second-order valence-electron chi connectivity index (χ2n) is 3.63. The lowest BCUT2D eigenvalue weighted by molar-refractivity contribution is -0.597. The Labute approximate surface area is 111 Å². The summed E-state index contributed by atoms with van der Waals surface area (Å²) in [5, 5.41) is 9.24. The first-order valence-electron chi connectivity index (χ1n) is 5.21. The number of carboxylic acid groups (broad SMARTS) is 1. The third-order valence-electron chi connectivity index (χ3n) is 2.38. The van der Waals surface area contributed by atoms with Gasteiger partial charge in [0.15, 0.2) is 3.57 Å². The Hall–Kier alpha value is -1.36. The molecule has 2 aromatic carbocycles. The summed E-state index contributed by atoms with van der Waals surface area (Å²) in [7, 11) is 0. The highest BCUT2D eigenvalue weighted by Crippen LogP contribution is 2.06. The number of aromatic carboxylic acids is 1. The number of aryl methyl sites for hydroxylation is 1. The third-order valence-corrected chi connectivity index (χ3v) is 5.20. The Balaban J connectivity index is 2.40. The summed E-state index contributed by atoms with van der Waals surface area (Å²) in [6.07, 6.45) is 0. The van der Waals surface area contributed by atoms with Gasteiger partial charge in [0.1, 0.15) is 5.56 Å². The van der Waals surface area contributed by atoms with Crippen LogP contribution in [0.15, 0.2) is 48.5 Å². The topological polar surface area (TPSA) is 37.3 Å². The lowest BCUT2D eigenvalue weighted by atomic mass is 10.1. The monoisotopic (exact) mass is 339 g/mol. The second kappa shape index (κ2) is 5.31. The fourth-order valence-corrected chi connectivity index (χ4v) is 4.34. The van der Waals surface area contributed by atoms with Gasteiger partial charge in [-0.2, -0.15) is 0 Å². The van der Waals surface area contributed by atoms with Crippen molar-refractivity contribution in [1.29, 1.82) is 0 Å². The quantitative estimate of drug-likeness (QED) is 0.788. The maximum Gasteiger partial charge on any atom is 0.358 e. The normalized spacial score (nSPS) is 10.2. The van der Waals surface area contributed by atoms with E-state index in [9.17, 15) is 9.90 Å². The molecule has 0 saturated carbocycles. The lowest BCUT2D eigenvalue weighted by Gasteiger charge is -1.99. The molecule has 0 spiro atoms. The van der Waals surface area contributed by atoms with E-state index in [0.717, 1.165) is 9.13 Å². The summed E-state index contributed by atoms with van der Waals surface area (Å²) < 4.78 is 2.21. The molecule has 0 unspecified atom stereocenters. The molecule has 0 aliphatic rings. The molecule has 17 heavy (non-hydrogen) atoms. The number of carbonyl (C=O) groups is 1. The molecule has 1 N–H and O–H groups in total. The van der Waals surface area contributed by atoms with Crippen molar-refractivity contribution in [3.63, 3.8) is 0 Å². The van der Waals surface area contributed by atoms with Crippen molar-refractivity contribution in [3.05, 3.63) is 66.8 Å². The van der Waals surface area contributed by atoms with Gasteiger partial charge in [0.05, 0.1) is 0 Å². The van der Waals surface area contributed by atoms with Gasteiger partial charge in [0.2, 0.25) is 3.57 Å². The zero-order valence-electron chi connectivity index (χ0n) is 9.35. The molecule has 3 heteroatoms. The summed E-state index contributed by atoms with van der Waals surface area (Å²) >= 11 is -0.424. The molecule has 0 aliphatic carbocycles. The van der Waals surface area contributed by atoms with Crippen LogP contribution < -0.4 is 21.2 Å². The van der Waals surface area contributed by atoms with E-state index in [0.29, 0.717) is 5.56 Å². The Morgan fingerprint density at radius 1 is 1.06 bits per heavy atom. The summed E-state index contributed by atoms with van der Waals surface area (Å²) in [6.45, 7) is 1.85. The minimum Gasteiger partial charge on any atom is -0.478 e. The van der Waals surface area contributed by atoms with Gasteiger partial charge in [0, 0.05) is 0 Å². The average Bonchev–Trinajstić information content (AvgIpc) is 2.30. The first-order chi connectivity index (χ1) is 8.18. The predicted octanol–water partition coefficient (Wildman–Crippen LogP) is -0.178. The molecule has 0 saturated heterocycles. The predicted molar refractivity (Wildman–Crippen MR) is 62.0 cm³/mol. The van der Waals surface area contributed by atoms with Gasteiger partial charge in [-0.15, -0.1) is 0 Å². The molecule has 0 bridgehead atoms. The van der Waals surface area contributed by atoms with Gasteiger partial charge in [0.25, 0.3) is 0 Å². The van der Waals surface area contributed by atoms with E-state index in [2.05, 4.69) is 12.1 Å². The SMILES string of the molecule is Cc1cccc([I+]c2ccccc2)c1C(=O)O. The van der Waals surface area contributed by atoms with Crippen LogP contribution in [-0.4, -0.2) is 11.1 Å². The molecule has 2 rings (SSSR count). The van der Waals surface area contributed by atoms with E-state index >= 15 is 0 Å². The highest BCUT2D eigenvalue weighted by Gasteiger charge is 2.24. The van der Waals surface area contributed by atoms with Crippen LogP contribution in [0.5, 0.6) is 0 Å². The Morgan fingerprint density at radius 2 is 1.76 bits per heavy atom. The van der Waals surface area contributed by atoms with Crippen LogP contribution in [-0.2, 0) is 0 Å². The number of carboxylic acids is 1. The molecule has 0 heterocycles. The standard InChI is InChI=1S/C14H11IO2/c1-10-6-5-9-12(13(10)14(16)17)15-11-7-3-2-4-8-11/h2-9H,1H3/p+1. The molecule has 0 amide bonds. The van der Waals surface area contributed by atoms with Crippen LogP contribution >= 0.6 is 0 Å². The van der Waals surface area contributed by atoms with E-state index in [1.807, 2.05) is 43.3 Å². The zero-order chi connectivity index (χ0) is 12.3. The molecule has 0 aromatic heterocycles. The van der Waals surface area contributed by atoms with E-state index in [1.54, 1.807) is 0 Å². The number of rotatable bonds is 3. The lowest BCUT2D eigenvalue weighted by Crippen LogP contribution is -3.61. The molecule has 86 valence electrons. The Morgan fingerprint density at radius 3 is 2.41 bits per heavy atom. The number of halogens is 1. The number of benzene rings is 2. The molecular formula is C14H12IO2+. The van der Waals surface area contributed by atoms with Gasteiger partial charge in [-0.05, 0) is 30.7 Å². The first kappa shape index (κ1) is 12.1. The second-order valence-corrected chi connectivity index (χ2v) is 6.57. The van der Waals surface area contributed by atoms with Crippen molar-refractivity contribution in [2.75, 3.05) is 0 Å². The van der Waals surface area contributed by atoms with Crippen molar-refractivity contribution in [2.45, 2.75) is 6.92 Å². The van der Waals surface area contributed by atoms with E-state index in [1.165, 1.54) is 3.57 Å². The van der Waals surface area contributed by atoms with E-state index < -0.39 is 27.2 Å². The summed E-state index contributed by atoms with van der Waals surface area (Å²) in [6, 6.07) is 15.8. The van der Waals surface area contributed by atoms with E-state index in [4.69, 9.17) is 0 Å². The zero-order valence-corrected chi connectivity index (χ0v) is 11.5. The molecule has 0 atom stereocenters. The fraction of sp³-hybridized carbons (Fsp3) is 0.0714. The van der Waals surface area contributed by atoms with Crippen LogP contribution in [0, 0.1) is 14.1 Å². The molecule has 2 aromatic rings. The van der Waals surface area contributed by atoms with Crippen molar-refractivity contribution >= 4 is 5.97 Å². The fourth-order valence-electron chi connectivity index (χ4n) is 1.58. The number of hydrogen-bond donors (Lipinski definition) is 1. The summed E-state index contributed by atoms with van der Waals surface area (Å²) in [5.41, 5.74) is 1.31. The highest BCUT2D eigenvalue weighted by atomic mass is 127. The van der Waals surface area contributed by atoms with Gasteiger partial charge in [-0.1, -0.05) is 30.3 Å². The van der Waals surface area contributed by atoms with Crippen LogP contribution in [0.2, 0.25) is 0 Å². The smallest absolute Gasteiger partial charge is 0.358 e. The maximum absolute atomic E-state index is 11.3.